The number of fused-ring (bicyclic) bond motifs is 1. The molecule has 194 valence electrons. The van der Waals surface area contributed by atoms with Gasteiger partial charge in [0.15, 0.2) is 5.11 Å². The van der Waals surface area contributed by atoms with Gasteiger partial charge in [0, 0.05) is 22.0 Å². The van der Waals surface area contributed by atoms with Crippen LogP contribution in [0.3, 0.4) is 0 Å². The maximum atomic E-state index is 12.6. The van der Waals surface area contributed by atoms with Crippen molar-refractivity contribution >= 4 is 57.6 Å². The number of furan rings is 1. The van der Waals surface area contributed by atoms with Crippen LogP contribution in [0.2, 0.25) is 5.02 Å². The summed E-state index contributed by atoms with van der Waals surface area (Å²) in [5.41, 5.74) is 2.35. The Bertz CT molecular complexity index is 1770. The monoisotopic (exact) mass is 556 g/mol. The fourth-order valence-electron chi connectivity index (χ4n) is 3.91. The zero-order chi connectivity index (χ0) is 27.4. The first-order valence-corrected chi connectivity index (χ1v) is 12.6. The predicted octanol–water partition coefficient (Wildman–Crippen LogP) is 6.91. The highest BCUT2D eigenvalue weighted by Crippen LogP contribution is 2.31. The van der Waals surface area contributed by atoms with E-state index in [2.05, 4.69) is 10.6 Å². The van der Waals surface area contributed by atoms with Crippen LogP contribution in [0.4, 0.5) is 5.69 Å². The molecule has 0 atom stereocenters. The van der Waals surface area contributed by atoms with Crippen molar-refractivity contribution in [3.63, 3.8) is 0 Å². The number of carbonyl (C=O) groups is 1. The van der Waals surface area contributed by atoms with Crippen LogP contribution in [0.5, 0.6) is 5.75 Å². The summed E-state index contributed by atoms with van der Waals surface area (Å²) < 4.78 is 16.7. The summed E-state index contributed by atoms with van der Waals surface area (Å²) in [6.07, 6.45) is 2.85. The Labute approximate surface area is 233 Å². The molecule has 1 amide bonds. The highest BCUT2D eigenvalue weighted by molar-refractivity contribution is 7.80. The minimum atomic E-state index is -0.469. The summed E-state index contributed by atoms with van der Waals surface area (Å²) in [5.74, 6) is 1.16. The third-order valence-corrected chi connectivity index (χ3v) is 6.25. The Kier molecular flexibility index (Phi) is 7.58. The van der Waals surface area contributed by atoms with Crippen LogP contribution < -0.4 is 21.0 Å². The summed E-state index contributed by atoms with van der Waals surface area (Å²) in [6, 6.07) is 25.0. The molecular formula is C30H21ClN2O5S. The van der Waals surface area contributed by atoms with Gasteiger partial charge in [0.2, 0.25) is 5.91 Å². The molecule has 0 saturated heterocycles. The van der Waals surface area contributed by atoms with Crippen molar-refractivity contribution in [2.75, 3.05) is 12.4 Å². The first kappa shape index (κ1) is 26.0. The fraction of sp³-hybridized carbons (Fsp3) is 0.0333. The molecule has 2 aromatic heterocycles. The minimum Gasteiger partial charge on any atom is -0.495 e. The second-order valence-corrected chi connectivity index (χ2v) is 9.23. The number of rotatable bonds is 6. The molecule has 0 aliphatic heterocycles. The van der Waals surface area contributed by atoms with Gasteiger partial charge in [0.1, 0.15) is 22.9 Å². The Morgan fingerprint density at radius 2 is 1.72 bits per heavy atom. The van der Waals surface area contributed by atoms with Gasteiger partial charge in [-0.15, -0.1) is 0 Å². The third-order valence-electron chi connectivity index (χ3n) is 5.79. The van der Waals surface area contributed by atoms with E-state index < -0.39 is 11.5 Å². The van der Waals surface area contributed by atoms with E-state index in [4.69, 9.17) is 37.4 Å². The topological polar surface area (TPSA) is 93.7 Å². The van der Waals surface area contributed by atoms with Crippen molar-refractivity contribution in [3.05, 3.63) is 112 Å². The van der Waals surface area contributed by atoms with Gasteiger partial charge in [0.05, 0.1) is 18.4 Å². The van der Waals surface area contributed by atoms with Crippen molar-refractivity contribution in [3.8, 4) is 28.2 Å². The number of thiocarbonyl (C=S) groups is 1. The molecule has 0 spiro atoms. The predicted molar refractivity (Wildman–Crippen MR) is 157 cm³/mol. The zero-order valence-electron chi connectivity index (χ0n) is 20.6. The SMILES string of the molecule is COc1ccc(-c2cc3ccccc3oc2=O)cc1NC(=S)NC(=O)C=Cc1ccc(-c2ccc(Cl)cc2)o1. The number of anilines is 1. The number of para-hydroxylation sites is 1. The lowest BCUT2D eigenvalue weighted by Crippen LogP contribution is -2.32. The summed E-state index contributed by atoms with van der Waals surface area (Å²) in [6.45, 7) is 0. The molecule has 5 aromatic rings. The number of methoxy groups -OCH3 is 1. The molecule has 3 aromatic carbocycles. The number of carbonyl (C=O) groups excluding carboxylic acids is 1. The van der Waals surface area contributed by atoms with Gasteiger partial charge in [-0.05, 0) is 84.5 Å². The number of benzene rings is 3. The van der Waals surface area contributed by atoms with Crippen molar-refractivity contribution in [1.82, 2.24) is 5.32 Å². The number of amides is 1. The van der Waals surface area contributed by atoms with Crippen LogP contribution >= 0.6 is 23.8 Å². The highest BCUT2D eigenvalue weighted by Gasteiger charge is 2.13. The van der Waals surface area contributed by atoms with Gasteiger partial charge in [-0.3, -0.25) is 10.1 Å². The summed E-state index contributed by atoms with van der Waals surface area (Å²) in [5, 5.41) is 7.03. The van der Waals surface area contributed by atoms with Gasteiger partial charge in [-0.25, -0.2) is 4.79 Å². The largest absolute Gasteiger partial charge is 0.495 e. The van der Waals surface area contributed by atoms with E-state index in [0.29, 0.717) is 44.7 Å². The lowest BCUT2D eigenvalue weighted by molar-refractivity contribution is -0.115. The normalized spacial score (nSPS) is 11.0. The van der Waals surface area contributed by atoms with Crippen LogP contribution in [0.25, 0.3) is 39.5 Å². The molecule has 0 unspecified atom stereocenters. The van der Waals surface area contributed by atoms with Gasteiger partial charge < -0.3 is 18.9 Å². The Balaban J connectivity index is 1.28. The number of hydrogen-bond donors (Lipinski definition) is 2. The fourth-order valence-corrected chi connectivity index (χ4v) is 4.25. The van der Waals surface area contributed by atoms with Gasteiger partial charge in [-0.2, -0.15) is 0 Å². The van der Waals surface area contributed by atoms with E-state index in [0.717, 1.165) is 10.9 Å². The van der Waals surface area contributed by atoms with Crippen LogP contribution in [-0.2, 0) is 4.79 Å². The molecule has 2 heterocycles. The molecule has 0 aliphatic rings. The molecule has 0 aliphatic carbocycles. The standard InChI is InChI=1S/C30H21ClN2O5S/c1-36-27-13-8-19(23-16-20-4-2-3-5-25(20)38-29(23)35)17-24(27)32-30(39)33-28(34)15-12-22-11-14-26(37-22)18-6-9-21(31)10-7-18/h2-17H,1H3,(H2,32,33,34,39). The first-order valence-electron chi connectivity index (χ1n) is 11.8. The van der Waals surface area contributed by atoms with Gasteiger partial charge in [-0.1, -0.05) is 35.9 Å². The summed E-state index contributed by atoms with van der Waals surface area (Å²) in [7, 11) is 1.51. The molecule has 0 bridgehead atoms. The number of nitrogens with one attached hydrogen (secondary N) is 2. The van der Waals surface area contributed by atoms with E-state index in [-0.39, 0.29) is 5.11 Å². The van der Waals surface area contributed by atoms with Gasteiger partial charge >= 0.3 is 5.63 Å². The number of halogens is 1. The van der Waals surface area contributed by atoms with Crippen molar-refractivity contribution < 1.29 is 18.4 Å². The zero-order valence-corrected chi connectivity index (χ0v) is 22.1. The summed E-state index contributed by atoms with van der Waals surface area (Å²) >= 11 is 11.3. The van der Waals surface area contributed by atoms with Crippen LogP contribution in [0.1, 0.15) is 5.76 Å². The van der Waals surface area contributed by atoms with E-state index in [1.807, 2.05) is 30.3 Å². The molecule has 39 heavy (non-hydrogen) atoms. The van der Waals surface area contributed by atoms with E-state index in [1.54, 1.807) is 54.6 Å². The number of ether oxygens (including phenoxy) is 1. The molecule has 9 heteroatoms. The molecule has 5 rings (SSSR count). The smallest absolute Gasteiger partial charge is 0.344 e. The van der Waals surface area contributed by atoms with E-state index in [9.17, 15) is 9.59 Å². The highest BCUT2D eigenvalue weighted by atomic mass is 35.5. The second kappa shape index (κ2) is 11.4. The Morgan fingerprint density at radius 3 is 2.51 bits per heavy atom. The van der Waals surface area contributed by atoms with Crippen LogP contribution in [-0.4, -0.2) is 18.1 Å². The van der Waals surface area contributed by atoms with Gasteiger partial charge in [0.25, 0.3) is 0 Å². The lowest BCUT2D eigenvalue weighted by atomic mass is 10.0. The van der Waals surface area contributed by atoms with E-state index >= 15 is 0 Å². The van der Waals surface area contributed by atoms with E-state index in [1.165, 1.54) is 19.3 Å². The maximum Gasteiger partial charge on any atom is 0.344 e. The van der Waals surface area contributed by atoms with Crippen LogP contribution in [0, 0.1) is 0 Å². The average Bonchev–Trinajstić information content (AvgIpc) is 3.41. The maximum absolute atomic E-state index is 12.6. The quantitative estimate of drug-likeness (QED) is 0.133. The molecule has 0 radical (unpaired) electrons. The third kappa shape index (κ3) is 6.09. The molecule has 0 fully saturated rings. The average molecular weight is 557 g/mol. The Morgan fingerprint density at radius 1 is 0.949 bits per heavy atom. The van der Waals surface area contributed by atoms with Crippen molar-refractivity contribution in [2.24, 2.45) is 0 Å². The lowest BCUT2D eigenvalue weighted by Gasteiger charge is -2.14. The second-order valence-electron chi connectivity index (χ2n) is 8.39. The van der Waals surface area contributed by atoms with Crippen LogP contribution in [0.15, 0.2) is 105 Å². The van der Waals surface area contributed by atoms with Crippen molar-refractivity contribution in [1.29, 1.82) is 0 Å². The Hall–Kier alpha value is -4.66. The minimum absolute atomic E-state index is 0.0481. The van der Waals surface area contributed by atoms with Crippen molar-refractivity contribution in [2.45, 2.75) is 0 Å². The number of hydrogen-bond acceptors (Lipinski definition) is 6. The molecular weight excluding hydrogens is 536 g/mol. The summed E-state index contributed by atoms with van der Waals surface area (Å²) in [4.78, 5) is 25.1. The molecule has 7 nitrogen and oxygen atoms in total. The molecule has 2 N–H and O–H groups in total. The first-order chi connectivity index (χ1) is 18.9. The molecule has 0 saturated carbocycles.